The van der Waals surface area contributed by atoms with E-state index in [0.717, 1.165) is 14.9 Å². The molecule has 1 aromatic rings. The summed E-state index contributed by atoms with van der Waals surface area (Å²) in [6.45, 7) is 6.77. The molecule has 1 unspecified atom stereocenters. The molecule has 1 amide bonds. The Kier molecular flexibility index (Phi) is 5.23. The number of hydrogen-bond acceptors (Lipinski definition) is 2. The summed E-state index contributed by atoms with van der Waals surface area (Å²) in [6.07, 6.45) is -4.85. The van der Waals surface area contributed by atoms with Gasteiger partial charge in [-0.2, -0.15) is 13.2 Å². The molecule has 1 atom stereocenters. The number of alkyl halides is 3. The molecule has 1 aromatic carbocycles. The second-order valence-electron chi connectivity index (χ2n) is 6.87. The maximum absolute atomic E-state index is 13.5. The van der Waals surface area contributed by atoms with Gasteiger partial charge in [0.15, 0.2) is 0 Å². The van der Waals surface area contributed by atoms with Crippen molar-refractivity contribution in [1.82, 2.24) is 0 Å². The van der Waals surface area contributed by atoms with E-state index in [1.54, 1.807) is 32.9 Å². The molecular weight excluding hydrogens is 387 g/mol. The van der Waals surface area contributed by atoms with Gasteiger partial charge in [-0.1, -0.05) is 22.9 Å². The van der Waals surface area contributed by atoms with Crippen LogP contribution in [0.2, 0.25) is 0 Å². The number of aryl methyl sites for hydroxylation is 2. The van der Waals surface area contributed by atoms with Crippen LogP contribution in [0.25, 0.3) is 0 Å². The topological polar surface area (TPSA) is 29.5 Å². The van der Waals surface area contributed by atoms with Gasteiger partial charge < -0.3 is 4.74 Å². The Morgan fingerprint density at radius 2 is 1.96 bits per heavy atom. The van der Waals surface area contributed by atoms with Crippen LogP contribution in [-0.2, 0) is 17.6 Å². The molecule has 0 aliphatic carbocycles. The third-order valence-corrected chi connectivity index (χ3v) is 4.28. The fraction of sp³-hybridized carbons (Fsp3) is 0.588. The molecule has 134 valence electrons. The van der Waals surface area contributed by atoms with Crippen LogP contribution in [0, 0.1) is 0 Å². The Balaban J connectivity index is 2.59. The van der Waals surface area contributed by atoms with Crippen LogP contribution >= 0.6 is 15.9 Å². The van der Waals surface area contributed by atoms with Gasteiger partial charge in [-0.05, 0) is 63.3 Å². The highest BCUT2D eigenvalue weighted by Crippen LogP contribution is 2.42. The molecule has 1 aliphatic heterocycles. The lowest BCUT2D eigenvalue weighted by molar-refractivity contribution is -0.150. The van der Waals surface area contributed by atoms with Crippen molar-refractivity contribution in [1.29, 1.82) is 0 Å². The monoisotopic (exact) mass is 407 g/mol. The molecule has 0 fully saturated rings. The van der Waals surface area contributed by atoms with E-state index in [4.69, 9.17) is 4.74 Å². The first-order valence-corrected chi connectivity index (χ1v) is 8.63. The van der Waals surface area contributed by atoms with Crippen LogP contribution < -0.4 is 4.90 Å². The fourth-order valence-corrected chi connectivity index (χ4v) is 3.46. The second-order valence-corrected chi connectivity index (χ2v) is 7.79. The lowest BCUT2D eigenvalue weighted by atomic mass is 9.92. The first-order valence-electron chi connectivity index (χ1n) is 7.84. The smallest absolute Gasteiger partial charge is 0.415 e. The summed E-state index contributed by atoms with van der Waals surface area (Å²) in [5.41, 5.74) is 0.891. The maximum atomic E-state index is 13.5. The molecule has 0 radical (unpaired) electrons. The van der Waals surface area contributed by atoms with Gasteiger partial charge in [-0.15, -0.1) is 0 Å². The van der Waals surface area contributed by atoms with E-state index in [2.05, 4.69) is 15.9 Å². The Labute approximate surface area is 148 Å². The number of nitrogens with zero attached hydrogens (tertiary/aromatic N) is 1. The highest BCUT2D eigenvalue weighted by atomic mass is 79.9. The number of halogens is 4. The Bertz CT molecular complexity index is 621. The summed E-state index contributed by atoms with van der Waals surface area (Å²) in [5.74, 6) is 0. The largest absolute Gasteiger partial charge is 0.443 e. The highest BCUT2D eigenvalue weighted by molar-refractivity contribution is 9.10. The molecule has 0 saturated carbocycles. The van der Waals surface area contributed by atoms with Crippen molar-refractivity contribution in [2.45, 2.75) is 64.8 Å². The van der Waals surface area contributed by atoms with Crippen LogP contribution in [0.1, 0.15) is 45.2 Å². The van der Waals surface area contributed by atoms with Crippen molar-refractivity contribution in [3.05, 3.63) is 27.7 Å². The van der Waals surface area contributed by atoms with E-state index >= 15 is 0 Å². The van der Waals surface area contributed by atoms with E-state index in [1.165, 1.54) is 0 Å². The molecule has 0 N–H and O–H groups in total. The number of anilines is 1. The molecule has 0 spiro atoms. The summed E-state index contributed by atoms with van der Waals surface area (Å²) in [7, 11) is 0. The van der Waals surface area contributed by atoms with Crippen LogP contribution in [0.4, 0.5) is 23.7 Å². The minimum absolute atomic E-state index is 0.171. The summed E-state index contributed by atoms with van der Waals surface area (Å²) in [5, 5.41) is 0. The average Bonchev–Trinajstić information content (AvgIpc) is 2.41. The summed E-state index contributed by atoms with van der Waals surface area (Å²) in [6, 6.07) is 1.67. The van der Waals surface area contributed by atoms with Crippen molar-refractivity contribution in [3.63, 3.8) is 0 Å². The van der Waals surface area contributed by atoms with E-state index in [0.29, 0.717) is 17.7 Å². The summed E-state index contributed by atoms with van der Waals surface area (Å²) >= 11 is 3.39. The van der Waals surface area contributed by atoms with E-state index in [1.807, 2.05) is 6.92 Å². The number of carbonyl (C=O) groups is 1. The Hall–Kier alpha value is -1.24. The highest BCUT2D eigenvalue weighted by Gasteiger charge is 2.49. The second kappa shape index (κ2) is 6.58. The van der Waals surface area contributed by atoms with Crippen LogP contribution in [-0.4, -0.2) is 23.9 Å². The Morgan fingerprint density at radius 3 is 2.46 bits per heavy atom. The van der Waals surface area contributed by atoms with Gasteiger partial charge in [0.1, 0.15) is 11.6 Å². The lowest BCUT2D eigenvalue weighted by Crippen LogP contribution is -2.53. The van der Waals surface area contributed by atoms with Gasteiger partial charge in [-0.3, -0.25) is 4.90 Å². The first kappa shape index (κ1) is 19.1. The number of hydrogen-bond donors (Lipinski definition) is 0. The van der Waals surface area contributed by atoms with Crippen LogP contribution in [0.15, 0.2) is 16.6 Å². The number of rotatable bonds is 1. The molecule has 0 bridgehead atoms. The minimum atomic E-state index is -4.51. The van der Waals surface area contributed by atoms with Crippen molar-refractivity contribution < 1.29 is 22.7 Å². The molecule has 3 nitrogen and oxygen atoms in total. The van der Waals surface area contributed by atoms with Crippen molar-refractivity contribution in [2.24, 2.45) is 0 Å². The Morgan fingerprint density at radius 1 is 1.33 bits per heavy atom. The van der Waals surface area contributed by atoms with Crippen LogP contribution in [0.5, 0.6) is 0 Å². The van der Waals surface area contributed by atoms with E-state index in [9.17, 15) is 18.0 Å². The number of ether oxygens (including phenoxy) is 1. The number of benzene rings is 1. The predicted octanol–water partition coefficient (Wildman–Crippen LogP) is 5.63. The van der Waals surface area contributed by atoms with Gasteiger partial charge >= 0.3 is 12.3 Å². The number of amides is 1. The molecule has 0 aromatic heterocycles. The van der Waals surface area contributed by atoms with Crippen LogP contribution in [0.3, 0.4) is 0 Å². The van der Waals surface area contributed by atoms with Gasteiger partial charge in [0.05, 0.1) is 5.69 Å². The molecular formula is C17H21BrF3NO2. The normalized spacial score (nSPS) is 18.3. The van der Waals surface area contributed by atoms with Gasteiger partial charge in [0.25, 0.3) is 0 Å². The molecule has 2 rings (SSSR count). The van der Waals surface area contributed by atoms with E-state index in [-0.39, 0.29) is 12.8 Å². The SMILES string of the molecule is CCc1cc(Br)cc2c1N(C(=O)OC(C)(C)C)C(C(F)(F)F)CC2. The third-order valence-electron chi connectivity index (χ3n) is 3.82. The zero-order valence-electron chi connectivity index (χ0n) is 14.1. The van der Waals surface area contributed by atoms with Gasteiger partial charge in [0.2, 0.25) is 0 Å². The van der Waals surface area contributed by atoms with E-state index < -0.39 is 23.9 Å². The lowest BCUT2D eigenvalue weighted by Gasteiger charge is -2.40. The van der Waals surface area contributed by atoms with Gasteiger partial charge in [-0.25, -0.2) is 4.79 Å². The summed E-state index contributed by atoms with van der Waals surface area (Å²) in [4.78, 5) is 13.4. The maximum Gasteiger partial charge on any atom is 0.415 e. The summed E-state index contributed by atoms with van der Waals surface area (Å²) < 4.78 is 46.7. The molecule has 7 heteroatoms. The molecule has 1 heterocycles. The average molecular weight is 408 g/mol. The standard InChI is InChI=1S/C17H21BrF3NO2/c1-5-10-8-12(18)9-11-6-7-13(17(19,20)21)22(14(10)11)15(23)24-16(2,3)4/h8-9,13H,5-7H2,1-4H3. The quantitative estimate of drug-likeness (QED) is 0.603. The van der Waals surface area contributed by atoms with Crippen molar-refractivity contribution in [2.75, 3.05) is 4.90 Å². The molecule has 1 aliphatic rings. The van der Waals surface area contributed by atoms with Gasteiger partial charge in [0, 0.05) is 4.47 Å². The zero-order chi connectivity index (χ0) is 18.3. The zero-order valence-corrected chi connectivity index (χ0v) is 15.7. The van der Waals surface area contributed by atoms with Crippen molar-refractivity contribution >= 4 is 27.7 Å². The van der Waals surface area contributed by atoms with Crippen molar-refractivity contribution in [3.8, 4) is 0 Å². The minimum Gasteiger partial charge on any atom is -0.443 e. The fourth-order valence-electron chi connectivity index (χ4n) is 2.90. The first-order chi connectivity index (χ1) is 10.9. The number of fused-ring (bicyclic) bond motifs is 1. The third kappa shape index (κ3) is 4.05. The number of carbonyl (C=O) groups excluding carboxylic acids is 1. The predicted molar refractivity (Wildman–Crippen MR) is 90.4 cm³/mol. The molecule has 0 saturated heterocycles. The molecule has 24 heavy (non-hydrogen) atoms.